The van der Waals surface area contributed by atoms with Gasteiger partial charge in [-0.3, -0.25) is 4.79 Å². The van der Waals surface area contributed by atoms with Crippen molar-refractivity contribution >= 4 is 74.2 Å². The van der Waals surface area contributed by atoms with Crippen molar-refractivity contribution in [1.82, 2.24) is 4.98 Å². The lowest BCUT2D eigenvalue weighted by atomic mass is 10.2. The van der Waals surface area contributed by atoms with Crippen LogP contribution in [-0.2, 0) is 10.5 Å². The van der Waals surface area contributed by atoms with Gasteiger partial charge in [0.15, 0.2) is 4.34 Å². The quantitative estimate of drug-likeness (QED) is 0.233. The second-order valence-electron chi connectivity index (χ2n) is 6.38. The smallest absolute Gasteiger partial charge is 0.248 e. The number of carbonyl (C=O) groups excluding carboxylic acids is 1. The molecule has 0 unspecified atom stereocenters. The first kappa shape index (κ1) is 20.9. The molecule has 0 saturated carbocycles. The summed E-state index contributed by atoms with van der Waals surface area (Å²) in [7, 11) is 0. The number of nitrogens with one attached hydrogen (secondary N) is 1. The van der Waals surface area contributed by atoms with Gasteiger partial charge in [-0.1, -0.05) is 71.4 Å². The fourth-order valence-electron chi connectivity index (χ4n) is 2.77. The molecular formula is C23H16Cl2N2OS2. The molecule has 0 bridgehead atoms. The molecule has 0 aliphatic carbocycles. The van der Waals surface area contributed by atoms with Crippen LogP contribution in [0.15, 0.2) is 77.1 Å². The minimum absolute atomic E-state index is 0.175. The molecule has 0 atom stereocenters. The van der Waals surface area contributed by atoms with Crippen LogP contribution >= 0.6 is 46.3 Å². The van der Waals surface area contributed by atoms with E-state index < -0.39 is 0 Å². The van der Waals surface area contributed by atoms with Crippen LogP contribution in [0.3, 0.4) is 0 Å². The van der Waals surface area contributed by atoms with Crippen LogP contribution in [0.25, 0.3) is 16.3 Å². The third-order valence-electron chi connectivity index (χ3n) is 4.26. The number of rotatable bonds is 6. The highest BCUT2D eigenvalue weighted by molar-refractivity contribution is 8.00. The van der Waals surface area contributed by atoms with E-state index in [-0.39, 0.29) is 5.91 Å². The number of thioether (sulfide) groups is 1. The van der Waals surface area contributed by atoms with E-state index in [1.54, 1.807) is 29.2 Å². The van der Waals surface area contributed by atoms with Crippen LogP contribution in [0.5, 0.6) is 0 Å². The summed E-state index contributed by atoms with van der Waals surface area (Å²) in [6.07, 6.45) is 3.32. The maximum atomic E-state index is 12.2. The Kier molecular flexibility index (Phi) is 6.75. The zero-order valence-corrected chi connectivity index (χ0v) is 18.8. The summed E-state index contributed by atoms with van der Waals surface area (Å²) in [5.74, 6) is 0.470. The maximum Gasteiger partial charge on any atom is 0.248 e. The summed E-state index contributed by atoms with van der Waals surface area (Å²) in [5.41, 5.74) is 3.51. The molecule has 3 nitrogen and oxygen atoms in total. The van der Waals surface area contributed by atoms with Gasteiger partial charge in [-0.2, -0.15) is 0 Å². The van der Waals surface area contributed by atoms with E-state index >= 15 is 0 Å². The van der Waals surface area contributed by atoms with Gasteiger partial charge in [-0.25, -0.2) is 4.98 Å². The van der Waals surface area contributed by atoms with Crippen molar-refractivity contribution in [2.24, 2.45) is 0 Å². The Bertz CT molecular complexity index is 1200. The average molecular weight is 471 g/mol. The van der Waals surface area contributed by atoms with E-state index in [0.717, 1.165) is 31.4 Å². The number of fused-ring (bicyclic) bond motifs is 1. The summed E-state index contributed by atoms with van der Waals surface area (Å²) in [5, 5.41) is 4.21. The number of hydrogen-bond acceptors (Lipinski definition) is 4. The Balaban J connectivity index is 1.43. The Hall–Kier alpha value is -2.31. The number of benzene rings is 3. The lowest BCUT2D eigenvalue weighted by Gasteiger charge is -2.04. The molecule has 30 heavy (non-hydrogen) atoms. The zero-order valence-electron chi connectivity index (χ0n) is 15.6. The molecule has 1 amide bonds. The third kappa shape index (κ3) is 5.24. The molecule has 0 saturated heterocycles. The standard InChI is InChI=1S/C23H16Cl2N2OS2/c24-18-7-4-8-19(25)17(18)14-29-23-27-20-11-10-16(13-21(20)30-23)26-22(28)12-9-15-5-2-1-3-6-15/h1-13H,14H2,(H,26,28)/b12-9+. The Morgan fingerprint density at radius 3 is 2.57 bits per heavy atom. The van der Waals surface area contributed by atoms with Gasteiger partial charge in [0.25, 0.3) is 0 Å². The van der Waals surface area contributed by atoms with Gasteiger partial charge in [-0.15, -0.1) is 11.3 Å². The van der Waals surface area contributed by atoms with Gasteiger partial charge in [0, 0.05) is 27.6 Å². The number of anilines is 1. The Morgan fingerprint density at radius 1 is 1.03 bits per heavy atom. The minimum Gasteiger partial charge on any atom is -0.322 e. The van der Waals surface area contributed by atoms with Gasteiger partial charge in [0.1, 0.15) is 0 Å². The molecule has 0 fully saturated rings. The molecular weight excluding hydrogens is 455 g/mol. The molecule has 4 aromatic rings. The average Bonchev–Trinajstić information content (AvgIpc) is 3.15. The van der Waals surface area contributed by atoms with Crippen LogP contribution in [0, 0.1) is 0 Å². The fourth-order valence-corrected chi connectivity index (χ4v) is 5.62. The van der Waals surface area contributed by atoms with Crippen molar-refractivity contribution in [3.63, 3.8) is 0 Å². The van der Waals surface area contributed by atoms with Crippen molar-refractivity contribution in [3.05, 3.63) is 94.0 Å². The molecule has 4 rings (SSSR count). The van der Waals surface area contributed by atoms with Crippen molar-refractivity contribution in [3.8, 4) is 0 Å². The van der Waals surface area contributed by atoms with Crippen molar-refractivity contribution < 1.29 is 4.79 Å². The number of halogens is 2. The van der Waals surface area contributed by atoms with Crippen LogP contribution in [0.4, 0.5) is 5.69 Å². The SMILES string of the molecule is O=C(/C=C/c1ccccc1)Nc1ccc2nc(SCc3c(Cl)cccc3Cl)sc2c1. The lowest BCUT2D eigenvalue weighted by Crippen LogP contribution is -2.07. The summed E-state index contributed by atoms with van der Waals surface area (Å²) in [6, 6.07) is 20.9. The highest BCUT2D eigenvalue weighted by Crippen LogP contribution is 2.36. The summed E-state index contributed by atoms with van der Waals surface area (Å²) in [4.78, 5) is 16.9. The van der Waals surface area contributed by atoms with E-state index in [2.05, 4.69) is 10.3 Å². The molecule has 0 spiro atoms. The first-order valence-electron chi connectivity index (χ1n) is 9.09. The highest BCUT2D eigenvalue weighted by atomic mass is 35.5. The molecule has 0 aliphatic heterocycles. The highest BCUT2D eigenvalue weighted by Gasteiger charge is 2.10. The lowest BCUT2D eigenvalue weighted by molar-refractivity contribution is -0.111. The van der Waals surface area contributed by atoms with Gasteiger partial charge < -0.3 is 5.32 Å². The molecule has 0 radical (unpaired) electrons. The predicted octanol–water partition coefficient (Wildman–Crippen LogP) is 7.55. The topological polar surface area (TPSA) is 42.0 Å². The number of thiazole rings is 1. The number of aromatic nitrogens is 1. The first-order valence-corrected chi connectivity index (χ1v) is 11.6. The van der Waals surface area contributed by atoms with Crippen LogP contribution in [0.2, 0.25) is 10.0 Å². The van der Waals surface area contributed by atoms with E-state index in [1.165, 1.54) is 6.08 Å². The summed E-state index contributed by atoms with van der Waals surface area (Å²) in [6.45, 7) is 0. The Labute approximate surface area is 192 Å². The predicted molar refractivity (Wildman–Crippen MR) is 130 cm³/mol. The second kappa shape index (κ2) is 9.67. The summed E-state index contributed by atoms with van der Waals surface area (Å²) < 4.78 is 1.93. The van der Waals surface area contributed by atoms with E-state index in [0.29, 0.717) is 15.8 Å². The molecule has 0 aliphatic rings. The van der Waals surface area contributed by atoms with E-state index in [1.807, 2.05) is 66.7 Å². The van der Waals surface area contributed by atoms with Crippen molar-refractivity contribution in [1.29, 1.82) is 0 Å². The minimum atomic E-state index is -0.175. The number of amides is 1. The van der Waals surface area contributed by atoms with Gasteiger partial charge in [0.2, 0.25) is 5.91 Å². The second-order valence-corrected chi connectivity index (χ2v) is 9.45. The molecule has 1 aromatic heterocycles. The largest absolute Gasteiger partial charge is 0.322 e. The molecule has 7 heteroatoms. The van der Waals surface area contributed by atoms with Crippen molar-refractivity contribution in [2.75, 3.05) is 5.32 Å². The normalized spacial score (nSPS) is 11.3. The number of nitrogens with zero attached hydrogens (tertiary/aromatic N) is 1. The maximum absolute atomic E-state index is 12.2. The Morgan fingerprint density at radius 2 is 1.80 bits per heavy atom. The molecule has 1 N–H and O–H groups in total. The van der Waals surface area contributed by atoms with Gasteiger partial charge in [0.05, 0.1) is 10.2 Å². The fraction of sp³-hybridized carbons (Fsp3) is 0.0435. The number of hydrogen-bond donors (Lipinski definition) is 1. The number of carbonyl (C=O) groups is 1. The molecule has 150 valence electrons. The summed E-state index contributed by atoms with van der Waals surface area (Å²) >= 11 is 15.7. The van der Waals surface area contributed by atoms with E-state index in [9.17, 15) is 4.79 Å². The first-order chi connectivity index (χ1) is 14.6. The van der Waals surface area contributed by atoms with Crippen molar-refractivity contribution in [2.45, 2.75) is 10.1 Å². The van der Waals surface area contributed by atoms with Gasteiger partial charge in [-0.05, 0) is 47.5 Å². The van der Waals surface area contributed by atoms with Crippen LogP contribution in [0.1, 0.15) is 11.1 Å². The van der Waals surface area contributed by atoms with Gasteiger partial charge >= 0.3 is 0 Å². The van der Waals surface area contributed by atoms with Crippen LogP contribution < -0.4 is 5.32 Å². The molecule has 1 heterocycles. The third-order valence-corrected chi connectivity index (χ3v) is 7.16. The van der Waals surface area contributed by atoms with Crippen LogP contribution in [-0.4, -0.2) is 10.9 Å². The van der Waals surface area contributed by atoms with E-state index in [4.69, 9.17) is 23.2 Å². The monoisotopic (exact) mass is 470 g/mol. The molecule has 3 aromatic carbocycles. The zero-order chi connectivity index (χ0) is 20.9.